The van der Waals surface area contributed by atoms with Crippen LogP contribution in [0.5, 0.6) is 0 Å². The van der Waals surface area contributed by atoms with E-state index in [2.05, 4.69) is 36.1 Å². The van der Waals surface area contributed by atoms with E-state index >= 15 is 0 Å². The molecular formula is C40H38N8O3S2. The standard InChI is InChI=1S/C40H38N8O3S2/c1-26-11-12-28(44-37(49)27-22-29(25-41-24-27)45-39(51)36-14-13-35(53-36)34-10-7-21-52-34)23-33(26)47-40-43-16-15-32(46-40)30-8-3-4-9-31(30)38(50)42-17-20-48-18-5-2-6-19-48/h3-4,7-16,21-25H,2,5-6,17-20H2,1H3,(H,42,50)(H,44,49)(H,45,51)(H,43,46,47). The van der Waals surface area contributed by atoms with Crippen LogP contribution >= 0.6 is 22.7 Å². The summed E-state index contributed by atoms with van der Waals surface area (Å²) in [5.74, 6) is -0.453. The highest BCUT2D eigenvalue weighted by molar-refractivity contribution is 7.22. The Morgan fingerprint density at radius 2 is 1.66 bits per heavy atom. The molecule has 0 saturated carbocycles. The lowest BCUT2D eigenvalue weighted by Gasteiger charge is -2.26. The molecule has 268 valence electrons. The average molecular weight is 743 g/mol. The van der Waals surface area contributed by atoms with Gasteiger partial charge in [-0.2, -0.15) is 0 Å². The molecule has 4 N–H and O–H groups in total. The molecule has 11 nitrogen and oxygen atoms in total. The van der Waals surface area contributed by atoms with Gasteiger partial charge in [0.05, 0.1) is 28.0 Å². The van der Waals surface area contributed by atoms with Crippen molar-refractivity contribution in [1.82, 2.24) is 25.2 Å². The van der Waals surface area contributed by atoms with Gasteiger partial charge in [-0.15, -0.1) is 22.7 Å². The molecular weight excluding hydrogens is 705 g/mol. The highest BCUT2D eigenvalue weighted by Gasteiger charge is 2.17. The van der Waals surface area contributed by atoms with E-state index in [1.165, 1.54) is 43.0 Å². The summed E-state index contributed by atoms with van der Waals surface area (Å²) in [6, 6.07) is 24.0. The van der Waals surface area contributed by atoms with Crippen molar-refractivity contribution in [2.45, 2.75) is 26.2 Å². The number of hydrogen-bond acceptors (Lipinski definition) is 10. The number of nitrogens with one attached hydrogen (secondary N) is 4. The predicted molar refractivity (Wildman–Crippen MR) is 212 cm³/mol. The zero-order valence-corrected chi connectivity index (χ0v) is 30.7. The molecule has 0 unspecified atom stereocenters. The van der Waals surface area contributed by atoms with E-state index in [9.17, 15) is 14.4 Å². The first-order chi connectivity index (χ1) is 25.9. The summed E-state index contributed by atoms with van der Waals surface area (Å²) >= 11 is 3.03. The highest BCUT2D eigenvalue weighted by Crippen LogP contribution is 2.32. The minimum absolute atomic E-state index is 0.140. The molecule has 3 amide bonds. The molecule has 2 aromatic carbocycles. The zero-order valence-electron chi connectivity index (χ0n) is 29.1. The lowest BCUT2D eigenvalue weighted by atomic mass is 10.0. The van der Waals surface area contributed by atoms with Gasteiger partial charge in [0.2, 0.25) is 5.95 Å². The fourth-order valence-electron chi connectivity index (χ4n) is 6.07. The van der Waals surface area contributed by atoms with Crippen molar-refractivity contribution < 1.29 is 14.4 Å². The van der Waals surface area contributed by atoms with Gasteiger partial charge in [-0.05, 0) is 92.3 Å². The largest absolute Gasteiger partial charge is 0.351 e. The minimum Gasteiger partial charge on any atom is -0.351 e. The lowest BCUT2D eigenvalue weighted by molar-refractivity contribution is 0.0945. The fraction of sp³-hybridized carbons (Fsp3) is 0.200. The van der Waals surface area contributed by atoms with Crippen LogP contribution in [0.15, 0.2) is 103 Å². The smallest absolute Gasteiger partial charge is 0.265 e. The summed E-state index contributed by atoms with van der Waals surface area (Å²) in [5.41, 5.74) is 4.70. The summed E-state index contributed by atoms with van der Waals surface area (Å²) < 4.78 is 0. The first-order valence-corrected chi connectivity index (χ1v) is 19.1. The summed E-state index contributed by atoms with van der Waals surface area (Å²) in [6.07, 6.45) is 8.30. The number of rotatable bonds is 12. The van der Waals surface area contributed by atoms with Crippen LogP contribution in [-0.2, 0) is 0 Å². The van der Waals surface area contributed by atoms with Gasteiger partial charge in [-0.3, -0.25) is 19.4 Å². The first-order valence-electron chi connectivity index (χ1n) is 17.4. The second-order valence-electron chi connectivity index (χ2n) is 12.6. The van der Waals surface area contributed by atoms with Gasteiger partial charge in [0.1, 0.15) is 0 Å². The molecule has 7 rings (SSSR count). The van der Waals surface area contributed by atoms with Crippen molar-refractivity contribution in [3.8, 4) is 21.0 Å². The van der Waals surface area contributed by atoms with Crippen molar-refractivity contribution in [1.29, 1.82) is 0 Å². The first kappa shape index (κ1) is 35.6. The lowest BCUT2D eigenvalue weighted by Crippen LogP contribution is -2.37. The molecule has 1 aliphatic rings. The Bertz CT molecular complexity index is 2230. The third-order valence-electron chi connectivity index (χ3n) is 8.86. The van der Waals surface area contributed by atoms with Crippen LogP contribution in [0.4, 0.5) is 23.0 Å². The van der Waals surface area contributed by atoms with Gasteiger partial charge >= 0.3 is 0 Å². The maximum atomic E-state index is 13.3. The normalized spacial score (nSPS) is 12.9. The maximum Gasteiger partial charge on any atom is 0.265 e. The highest BCUT2D eigenvalue weighted by atomic mass is 32.1. The molecule has 5 heterocycles. The molecule has 13 heteroatoms. The molecule has 0 bridgehead atoms. The van der Waals surface area contributed by atoms with Gasteiger partial charge in [0, 0.05) is 57.7 Å². The second-order valence-corrected chi connectivity index (χ2v) is 14.7. The van der Waals surface area contributed by atoms with Crippen LogP contribution in [0.2, 0.25) is 0 Å². The van der Waals surface area contributed by atoms with Crippen LogP contribution in [-0.4, -0.2) is 63.8 Å². The number of piperidine rings is 1. The Kier molecular flexibility index (Phi) is 11.2. The van der Waals surface area contributed by atoms with Gasteiger partial charge < -0.3 is 26.2 Å². The second kappa shape index (κ2) is 16.7. The SMILES string of the molecule is Cc1ccc(NC(=O)c2cncc(NC(=O)c3ccc(-c4cccs4)s3)c2)cc1Nc1nccc(-c2ccccc2C(=O)NCCN2CCCCC2)n1. The van der Waals surface area contributed by atoms with Crippen molar-refractivity contribution >= 4 is 63.4 Å². The van der Waals surface area contributed by atoms with Crippen LogP contribution in [0.1, 0.15) is 55.2 Å². The minimum atomic E-state index is -0.386. The van der Waals surface area contributed by atoms with Gasteiger partial charge in [0.25, 0.3) is 17.7 Å². The Hall–Kier alpha value is -5.76. The van der Waals surface area contributed by atoms with Crippen LogP contribution in [0, 0.1) is 6.92 Å². The number of amides is 3. The number of pyridine rings is 1. The number of carbonyl (C=O) groups is 3. The number of aryl methyl sites for hydroxylation is 1. The van der Waals surface area contributed by atoms with Crippen molar-refractivity contribution in [3.05, 3.63) is 124 Å². The molecule has 0 spiro atoms. The summed E-state index contributed by atoms with van der Waals surface area (Å²) in [7, 11) is 0. The molecule has 53 heavy (non-hydrogen) atoms. The van der Waals surface area contributed by atoms with Crippen LogP contribution < -0.4 is 21.3 Å². The maximum absolute atomic E-state index is 13.3. The number of thiophene rings is 2. The van der Waals surface area contributed by atoms with E-state index in [0.29, 0.717) is 51.3 Å². The topological polar surface area (TPSA) is 141 Å². The number of anilines is 4. The van der Waals surface area contributed by atoms with Crippen molar-refractivity contribution in [2.75, 3.05) is 42.1 Å². The zero-order chi connectivity index (χ0) is 36.6. The predicted octanol–water partition coefficient (Wildman–Crippen LogP) is 8.10. The quantitative estimate of drug-likeness (QED) is 0.0986. The van der Waals surface area contributed by atoms with Gasteiger partial charge in [-0.1, -0.05) is 36.8 Å². The van der Waals surface area contributed by atoms with E-state index in [1.807, 2.05) is 60.8 Å². The average Bonchev–Trinajstić information content (AvgIpc) is 3.91. The Morgan fingerprint density at radius 1 is 0.811 bits per heavy atom. The molecule has 0 aliphatic carbocycles. The number of carbonyl (C=O) groups excluding carboxylic acids is 3. The Labute approximate surface area is 315 Å². The Morgan fingerprint density at radius 3 is 2.51 bits per heavy atom. The number of aromatic nitrogens is 3. The molecule has 4 aromatic heterocycles. The number of benzene rings is 2. The third-order valence-corrected chi connectivity index (χ3v) is 11.0. The third kappa shape index (κ3) is 9.01. The summed E-state index contributed by atoms with van der Waals surface area (Å²) in [6.45, 7) is 5.52. The number of nitrogens with zero attached hydrogens (tertiary/aromatic N) is 4. The van der Waals surface area contributed by atoms with Gasteiger partial charge in [0.15, 0.2) is 0 Å². The molecule has 6 aromatic rings. The molecule has 1 saturated heterocycles. The van der Waals surface area contributed by atoms with Crippen molar-refractivity contribution in [2.24, 2.45) is 0 Å². The van der Waals surface area contributed by atoms with Gasteiger partial charge in [-0.25, -0.2) is 9.97 Å². The fourth-order valence-corrected chi connectivity index (χ4v) is 7.81. The summed E-state index contributed by atoms with van der Waals surface area (Å²) in [4.78, 5) is 57.9. The number of likely N-dealkylation sites (tertiary alicyclic amines) is 1. The van der Waals surface area contributed by atoms with Crippen molar-refractivity contribution in [3.63, 3.8) is 0 Å². The van der Waals surface area contributed by atoms with E-state index in [0.717, 1.165) is 35.0 Å². The molecule has 1 aliphatic heterocycles. The molecule has 0 atom stereocenters. The van der Waals surface area contributed by atoms with E-state index in [-0.39, 0.29) is 23.3 Å². The monoisotopic (exact) mass is 742 g/mol. The summed E-state index contributed by atoms with van der Waals surface area (Å²) in [5, 5.41) is 14.1. The Balaban J connectivity index is 0.996. The van der Waals surface area contributed by atoms with E-state index in [4.69, 9.17) is 4.98 Å². The molecule has 0 radical (unpaired) electrons. The number of hydrogen-bond donors (Lipinski definition) is 4. The van der Waals surface area contributed by atoms with E-state index in [1.54, 1.807) is 47.9 Å². The molecule has 1 fully saturated rings. The van der Waals surface area contributed by atoms with E-state index < -0.39 is 0 Å². The van der Waals surface area contributed by atoms with Crippen LogP contribution in [0.3, 0.4) is 0 Å². The van der Waals surface area contributed by atoms with Crippen LogP contribution in [0.25, 0.3) is 21.0 Å².